The van der Waals surface area contributed by atoms with E-state index >= 15 is 0 Å². The highest BCUT2D eigenvalue weighted by atomic mass is 16.3. The molecular weight excluding hydrogens is 264 g/mol. The molecule has 1 fully saturated rings. The molecule has 4 atom stereocenters. The maximum Gasteiger partial charge on any atom is 0.207 e. The van der Waals surface area contributed by atoms with E-state index in [1.807, 2.05) is 37.3 Å². The molecule has 0 aromatic heterocycles. The third-order valence-electron chi connectivity index (χ3n) is 5.05. The average molecular weight is 282 g/mol. The fourth-order valence-electron chi connectivity index (χ4n) is 3.99. The summed E-state index contributed by atoms with van der Waals surface area (Å²) in [4.78, 5) is 25.1. The zero-order valence-electron chi connectivity index (χ0n) is 12.0. The van der Waals surface area contributed by atoms with Crippen molar-refractivity contribution in [1.82, 2.24) is 0 Å². The van der Waals surface area contributed by atoms with Crippen molar-refractivity contribution in [3.63, 3.8) is 0 Å². The first kappa shape index (κ1) is 13.8. The molecule has 3 nitrogen and oxygen atoms in total. The molecule has 0 amide bonds. The number of rotatable bonds is 3. The quantitative estimate of drug-likeness (QED) is 0.684. The van der Waals surface area contributed by atoms with Crippen LogP contribution in [-0.4, -0.2) is 16.7 Å². The highest BCUT2D eigenvalue weighted by Gasteiger charge is 2.62. The van der Waals surface area contributed by atoms with Gasteiger partial charge in [0, 0.05) is 5.92 Å². The van der Waals surface area contributed by atoms with Gasteiger partial charge in [-0.25, -0.2) is 0 Å². The number of ketones is 2. The zero-order chi connectivity index (χ0) is 15.2. The summed E-state index contributed by atoms with van der Waals surface area (Å²) < 4.78 is 0. The smallest absolute Gasteiger partial charge is 0.207 e. The van der Waals surface area contributed by atoms with Crippen LogP contribution in [0, 0.1) is 17.3 Å². The molecule has 0 unspecified atom stereocenters. The Bertz CT molecular complexity index is 644. The molecule has 0 heterocycles. The van der Waals surface area contributed by atoms with Crippen LogP contribution in [0.4, 0.5) is 0 Å². The van der Waals surface area contributed by atoms with Gasteiger partial charge in [-0.1, -0.05) is 43.3 Å². The van der Waals surface area contributed by atoms with Crippen LogP contribution >= 0.6 is 0 Å². The number of carbonyl (C=O) groups excluding carboxylic acids is 2. The maximum absolute atomic E-state index is 12.8. The van der Waals surface area contributed by atoms with Crippen molar-refractivity contribution in [1.29, 1.82) is 0 Å². The third kappa shape index (κ3) is 1.73. The molecule has 2 bridgehead atoms. The first-order valence-electron chi connectivity index (χ1n) is 7.19. The van der Waals surface area contributed by atoms with E-state index in [-0.39, 0.29) is 23.4 Å². The minimum atomic E-state index is -0.801. The number of hydrogen-bond acceptors (Lipinski definition) is 3. The number of fused-ring (bicyclic) bond motifs is 2. The largest absolute Gasteiger partial charge is 0.505 e. The standard InChI is InChI=1S/C18H18O3/c1-3-9-18-10-13(19)16(20)15(17(18)21)14(11(18)2)12-7-5-4-6-8-12/h3-8,10-11,14-15,19H,1,9H2,2H3/t11-,14+,15+,18+/m1/s1. The minimum Gasteiger partial charge on any atom is -0.505 e. The lowest BCUT2D eigenvalue weighted by Gasteiger charge is -2.30. The molecular formula is C18H18O3. The Hall–Kier alpha value is -2.16. The van der Waals surface area contributed by atoms with Gasteiger partial charge in [0.1, 0.15) is 0 Å². The Labute approximate surface area is 124 Å². The Balaban J connectivity index is 2.18. The molecule has 3 rings (SSSR count). The molecule has 2 aliphatic carbocycles. The van der Waals surface area contributed by atoms with Crippen molar-refractivity contribution in [2.75, 3.05) is 0 Å². The molecule has 1 N–H and O–H groups in total. The van der Waals surface area contributed by atoms with Gasteiger partial charge >= 0.3 is 0 Å². The lowest BCUT2D eigenvalue weighted by atomic mass is 9.71. The summed E-state index contributed by atoms with van der Waals surface area (Å²) in [5.41, 5.74) is 0.177. The van der Waals surface area contributed by atoms with Crippen LogP contribution in [0.15, 0.2) is 54.8 Å². The van der Waals surface area contributed by atoms with Crippen LogP contribution in [0.1, 0.15) is 24.8 Å². The second-order valence-electron chi connectivity index (χ2n) is 5.99. The third-order valence-corrected chi connectivity index (χ3v) is 5.05. The monoisotopic (exact) mass is 282 g/mol. The van der Waals surface area contributed by atoms with Gasteiger partial charge in [-0.05, 0) is 24.0 Å². The lowest BCUT2D eigenvalue weighted by Crippen LogP contribution is -2.37. The SMILES string of the molecule is C=CC[C@@]12C=C(O)C(=O)[C@@H](C1=O)[C@H](c1ccccc1)[C@H]2C. The Morgan fingerprint density at radius 3 is 2.57 bits per heavy atom. The van der Waals surface area contributed by atoms with Crippen molar-refractivity contribution in [2.24, 2.45) is 17.3 Å². The molecule has 3 heteroatoms. The van der Waals surface area contributed by atoms with Crippen molar-refractivity contribution < 1.29 is 14.7 Å². The summed E-state index contributed by atoms with van der Waals surface area (Å²) in [6.07, 6.45) is 3.60. The normalized spacial score (nSPS) is 34.7. The van der Waals surface area contributed by atoms with Crippen LogP contribution in [0.25, 0.3) is 0 Å². The molecule has 21 heavy (non-hydrogen) atoms. The van der Waals surface area contributed by atoms with Gasteiger partial charge < -0.3 is 5.11 Å². The van der Waals surface area contributed by atoms with Gasteiger partial charge in [-0.3, -0.25) is 9.59 Å². The predicted molar refractivity (Wildman–Crippen MR) is 79.8 cm³/mol. The zero-order valence-corrected chi connectivity index (χ0v) is 12.0. The molecule has 1 saturated carbocycles. The number of Topliss-reactive ketones (excluding diaryl/α,β-unsaturated/α-hetero) is 2. The summed E-state index contributed by atoms with van der Waals surface area (Å²) in [7, 11) is 0. The van der Waals surface area contributed by atoms with E-state index in [9.17, 15) is 14.7 Å². The second kappa shape index (κ2) is 4.69. The lowest BCUT2D eigenvalue weighted by molar-refractivity contribution is -0.135. The van der Waals surface area contributed by atoms with Gasteiger partial charge in [0.05, 0.1) is 11.3 Å². The fourth-order valence-corrected chi connectivity index (χ4v) is 3.99. The summed E-state index contributed by atoms with van der Waals surface area (Å²) in [6, 6.07) is 9.62. The van der Waals surface area contributed by atoms with E-state index in [0.717, 1.165) is 5.56 Å². The summed E-state index contributed by atoms with van der Waals surface area (Å²) >= 11 is 0. The molecule has 1 aromatic carbocycles. The van der Waals surface area contributed by atoms with Crippen molar-refractivity contribution in [2.45, 2.75) is 19.3 Å². The number of allylic oxidation sites excluding steroid dienone is 3. The van der Waals surface area contributed by atoms with Crippen LogP contribution < -0.4 is 0 Å². The van der Waals surface area contributed by atoms with Gasteiger partial charge in [-0.15, -0.1) is 6.58 Å². The number of aliphatic hydroxyl groups is 1. The van der Waals surface area contributed by atoms with E-state index in [1.165, 1.54) is 6.08 Å². The molecule has 108 valence electrons. The first-order valence-corrected chi connectivity index (χ1v) is 7.19. The van der Waals surface area contributed by atoms with E-state index in [2.05, 4.69) is 6.58 Å². The van der Waals surface area contributed by atoms with Crippen LogP contribution in [0.5, 0.6) is 0 Å². The number of hydrogen-bond donors (Lipinski definition) is 1. The Kier molecular flexibility index (Phi) is 3.08. The molecule has 0 radical (unpaired) electrons. The topological polar surface area (TPSA) is 54.4 Å². The van der Waals surface area contributed by atoms with E-state index in [1.54, 1.807) is 6.08 Å². The van der Waals surface area contributed by atoms with Crippen molar-refractivity contribution in [3.05, 3.63) is 60.4 Å². The number of carbonyl (C=O) groups is 2. The van der Waals surface area contributed by atoms with Crippen molar-refractivity contribution in [3.8, 4) is 0 Å². The van der Waals surface area contributed by atoms with Crippen LogP contribution in [0.3, 0.4) is 0 Å². The van der Waals surface area contributed by atoms with Gasteiger partial charge in [0.2, 0.25) is 5.78 Å². The highest BCUT2D eigenvalue weighted by Crippen LogP contribution is 2.58. The molecule has 0 aliphatic heterocycles. The van der Waals surface area contributed by atoms with Gasteiger partial charge in [0.15, 0.2) is 11.5 Å². The maximum atomic E-state index is 12.8. The highest BCUT2D eigenvalue weighted by molar-refractivity contribution is 6.17. The van der Waals surface area contributed by atoms with Gasteiger partial charge in [-0.2, -0.15) is 0 Å². The summed E-state index contributed by atoms with van der Waals surface area (Å²) in [5.74, 6) is -1.81. The molecule has 2 aliphatic rings. The fraction of sp³-hybridized carbons (Fsp3) is 0.333. The van der Waals surface area contributed by atoms with E-state index < -0.39 is 17.1 Å². The number of aliphatic hydroxyl groups excluding tert-OH is 1. The minimum absolute atomic E-state index is 0.0519. The second-order valence-corrected chi connectivity index (χ2v) is 5.99. The van der Waals surface area contributed by atoms with E-state index in [4.69, 9.17) is 0 Å². The predicted octanol–water partition coefficient (Wildman–Crippen LogP) is 3.19. The Morgan fingerprint density at radius 2 is 1.95 bits per heavy atom. The van der Waals surface area contributed by atoms with Crippen LogP contribution in [-0.2, 0) is 9.59 Å². The summed E-state index contributed by atoms with van der Waals surface area (Å²) in [6.45, 7) is 5.72. The summed E-state index contributed by atoms with van der Waals surface area (Å²) in [5, 5.41) is 9.98. The molecule has 0 saturated heterocycles. The number of benzene rings is 1. The average Bonchev–Trinajstić information content (AvgIpc) is 2.64. The molecule has 1 aromatic rings. The molecule has 0 spiro atoms. The van der Waals surface area contributed by atoms with Crippen LogP contribution in [0.2, 0.25) is 0 Å². The van der Waals surface area contributed by atoms with Gasteiger partial charge in [0.25, 0.3) is 0 Å². The van der Waals surface area contributed by atoms with E-state index in [0.29, 0.717) is 6.42 Å². The van der Waals surface area contributed by atoms with Crippen molar-refractivity contribution >= 4 is 11.6 Å². The first-order chi connectivity index (χ1) is 10.0. The Morgan fingerprint density at radius 1 is 1.29 bits per heavy atom.